The second kappa shape index (κ2) is 6.55. The van der Waals surface area contributed by atoms with Crippen molar-refractivity contribution in [3.8, 4) is 0 Å². The minimum atomic E-state index is -5.11. The number of halogens is 5. The first kappa shape index (κ1) is 16.6. The largest absolute Gasteiger partial charge is 0.413 e. The van der Waals surface area contributed by atoms with Crippen LogP contribution in [0.4, 0.5) is 32.6 Å². The molecule has 0 aliphatic heterocycles. The second-order valence-corrected chi connectivity index (χ2v) is 4.32. The van der Waals surface area contributed by atoms with E-state index in [2.05, 4.69) is 10.2 Å². The maximum atomic E-state index is 13.6. The highest BCUT2D eigenvalue weighted by molar-refractivity contribution is 5.88. The average molecular weight is 332 g/mol. The van der Waals surface area contributed by atoms with Gasteiger partial charge in [0.25, 0.3) is 0 Å². The first-order valence-corrected chi connectivity index (χ1v) is 6.15. The zero-order valence-corrected chi connectivity index (χ0v) is 11.2. The molecular formula is C13H9F5N4O. The number of carbonyl (C=O) groups is 1. The lowest BCUT2D eigenvalue weighted by molar-refractivity contribution is -0.155. The molecule has 0 aliphatic rings. The van der Waals surface area contributed by atoms with Crippen molar-refractivity contribution in [1.82, 2.24) is 15.5 Å². The van der Waals surface area contributed by atoms with Crippen molar-refractivity contribution in [1.29, 1.82) is 0 Å². The van der Waals surface area contributed by atoms with Crippen LogP contribution in [0.1, 0.15) is 11.6 Å². The van der Waals surface area contributed by atoms with Crippen molar-refractivity contribution in [2.24, 2.45) is 0 Å². The number of amides is 2. The van der Waals surface area contributed by atoms with Crippen molar-refractivity contribution in [3.63, 3.8) is 0 Å². The van der Waals surface area contributed by atoms with Crippen LogP contribution >= 0.6 is 0 Å². The maximum absolute atomic E-state index is 13.6. The van der Waals surface area contributed by atoms with Gasteiger partial charge in [-0.2, -0.15) is 18.3 Å². The van der Waals surface area contributed by atoms with Gasteiger partial charge in [0.1, 0.15) is 11.6 Å². The third-order valence-electron chi connectivity index (χ3n) is 2.71. The summed E-state index contributed by atoms with van der Waals surface area (Å²) in [5.74, 6) is -2.97. The second-order valence-electron chi connectivity index (χ2n) is 4.32. The Morgan fingerprint density at radius 2 is 1.74 bits per heavy atom. The van der Waals surface area contributed by atoms with Crippen LogP contribution < -0.4 is 10.6 Å². The smallest absolute Gasteiger partial charge is 0.322 e. The van der Waals surface area contributed by atoms with Gasteiger partial charge in [-0.15, -0.1) is 5.10 Å². The molecule has 1 aromatic heterocycles. The lowest BCUT2D eigenvalue weighted by Crippen LogP contribution is -2.41. The van der Waals surface area contributed by atoms with Gasteiger partial charge in [0.2, 0.25) is 0 Å². The standard InChI is InChI=1S/C13H9F5N4O/c14-7-3-1-4-8(15)10(7)11(13(16,17)18)21-12(23)20-9-5-2-6-19-22-9/h1-6,11H,(H2,20,21,22,23)/t11-/m1/s1. The van der Waals surface area contributed by atoms with Crippen molar-refractivity contribution in [2.75, 3.05) is 5.32 Å². The fourth-order valence-corrected chi connectivity index (χ4v) is 1.76. The molecule has 1 aromatic carbocycles. The van der Waals surface area contributed by atoms with Gasteiger partial charge in [-0.05, 0) is 24.3 Å². The Hall–Kier alpha value is -2.78. The average Bonchev–Trinajstić information content (AvgIpc) is 2.46. The number of anilines is 1. The molecule has 2 aromatic rings. The predicted octanol–water partition coefficient (Wildman–Crippen LogP) is 3.18. The van der Waals surface area contributed by atoms with E-state index in [1.807, 2.05) is 5.32 Å². The molecule has 23 heavy (non-hydrogen) atoms. The Kier molecular flexibility index (Phi) is 4.72. The zero-order valence-electron chi connectivity index (χ0n) is 11.2. The van der Waals surface area contributed by atoms with E-state index in [9.17, 15) is 26.7 Å². The Labute approximate surface area is 126 Å². The topological polar surface area (TPSA) is 66.9 Å². The Bertz CT molecular complexity index is 672. The molecule has 0 aliphatic carbocycles. The quantitative estimate of drug-likeness (QED) is 0.849. The molecule has 0 radical (unpaired) electrons. The molecule has 5 nitrogen and oxygen atoms in total. The molecule has 122 valence electrons. The van der Waals surface area contributed by atoms with Gasteiger partial charge in [-0.3, -0.25) is 5.32 Å². The molecule has 10 heteroatoms. The molecule has 1 heterocycles. The summed E-state index contributed by atoms with van der Waals surface area (Å²) in [6.45, 7) is 0. The minimum absolute atomic E-state index is 0.125. The van der Waals surface area contributed by atoms with Gasteiger partial charge in [-0.1, -0.05) is 6.07 Å². The van der Waals surface area contributed by atoms with E-state index in [0.29, 0.717) is 12.1 Å². The number of nitrogens with one attached hydrogen (secondary N) is 2. The molecular weight excluding hydrogens is 323 g/mol. The van der Waals surface area contributed by atoms with Gasteiger partial charge in [-0.25, -0.2) is 13.6 Å². The molecule has 1 atom stereocenters. The van der Waals surface area contributed by atoms with Crippen LogP contribution in [0, 0.1) is 11.6 Å². The Balaban J connectivity index is 2.25. The number of nitrogens with zero attached hydrogens (tertiary/aromatic N) is 2. The lowest BCUT2D eigenvalue weighted by Gasteiger charge is -2.22. The Morgan fingerprint density at radius 1 is 1.09 bits per heavy atom. The molecule has 2 amide bonds. The number of carbonyl (C=O) groups excluding carboxylic acids is 1. The van der Waals surface area contributed by atoms with Gasteiger partial charge in [0.15, 0.2) is 11.9 Å². The summed E-state index contributed by atoms with van der Waals surface area (Å²) < 4.78 is 66.3. The molecule has 2 N–H and O–H groups in total. The van der Waals surface area contributed by atoms with Crippen molar-refractivity contribution < 1.29 is 26.7 Å². The number of urea groups is 1. The number of rotatable bonds is 3. The number of hydrogen-bond acceptors (Lipinski definition) is 3. The minimum Gasteiger partial charge on any atom is -0.322 e. The third-order valence-corrected chi connectivity index (χ3v) is 2.71. The number of benzene rings is 1. The van der Waals surface area contributed by atoms with Gasteiger partial charge in [0, 0.05) is 6.20 Å². The molecule has 2 rings (SSSR count). The number of aromatic nitrogens is 2. The molecule has 0 saturated carbocycles. The maximum Gasteiger partial charge on any atom is 0.413 e. The van der Waals surface area contributed by atoms with Gasteiger partial charge >= 0.3 is 12.2 Å². The summed E-state index contributed by atoms with van der Waals surface area (Å²) in [6, 6.07) is 0.718. The molecule has 0 spiro atoms. The summed E-state index contributed by atoms with van der Waals surface area (Å²) >= 11 is 0. The molecule has 0 unspecified atom stereocenters. The van der Waals surface area contributed by atoms with E-state index in [4.69, 9.17) is 0 Å². The third kappa shape index (κ3) is 4.11. The summed E-state index contributed by atoms with van der Waals surface area (Å²) in [5, 5.41) is 10.3. The summed E-state index contributed by atoms with van der Waals surface area (Å²) in [7, 11) is 0. The van der Waals surface area contributed by atoms with E-state index in [-0.39, 0.29) is 5.82 Å². The number of alkyl halides is 3. The highest BCUT2D eigenvalue weighted by Gasteiger charge is 2.44. The highest BCUT2D eigenvalue weighted by Crippen LogP contribution is 2.35. The molecule has 0 bridgehead atoms. The Morgan fingerprint density at radius 3 is 2.26 bits per heavy atom. The first-order chi connectivity index (χ1) is 10.8. The zero-order chi connectivity index (χ0) is 17.0. The summed E-state index contributed by atoms with van der Waals surface area (Å²) in [6.07, 6.45) is -3.82. The van der Waals surface area contributed by atoms with Crippen LogP contribution in [0.5, 0.6) is 0 Å². The van der Waals surface area contributed by atoms with Crippen LogP contribution in [-0.2, 0) is 0 Å². The van der Waals surface area contributed by atoms with Crippen molar-refractivity contribution in [2.45, 2.75) is 12.2 Å². The van der Waals surface area contributed by atoms with E-state index >= 15 is 0 Å². The molecule has 0 saturated heterocycles. The van der Waals surface area contributed by atoms with E-state index in [1.165, 1.54) is 23.6 Å². The van der Waals surface area contributed by atoms with Crippen molar-refractivity contribution in [3.05, 3.63) is 53.7 Å². The van der Waals surface area contributed by atoms with E-state index in [1.54, 1.807) is 0 Å². The van der Waals surface area contributed by atoms with Crippen LogP contribution in [0.25, 0.3) is 0 Å². The predicted molar refractivity (Wildman–Crippen MR) is 69.3 cm³/mol. The van der Waals surface area contributed by atoms with Crippen LogP contribution in [0.2, 0.25) is 0 Å². The van der Waals surface area contributed by atoms with Crippen molar-refractivity contribution >= 4 is 11.8 Å². The normalized spacial score (nSPS) is 12.6. The monoisotopic (exact) mass is 332 g/mol. The first-order valence-electron chi connectivity index (χ1n) is 6.15. The van der Waals surface area contributed by atoms with Gasteiger partial charge < -0.3 is 5.32 Å². The SMILES string of the molecule is O=C(Nc1cccnn1)N[C@H](c1c(F)cccc1F)C(F)(F)F. The fourth-order valence-electron chi connectivity index (χ4n) is 1.76. The van der Waals surface area contributed by atoms with Gasteiger partial charge in [0.05, 0.1) is 5.56 Å². The van der Waals surface area contributed by atoms with E-state index in [0.717, 1.165) is 6.07 Å². The number of hydrogen-bond donors (Lipinski definition) is 2. The van der Waals surface area contributed by atoms with Crippen LogP contribution in [0.15, 0.2) is 36.5 Å². The lowest BCUT2D eigenvalue weighted by atomic mass is 10.1. The highest BCUT2D eigenvalue weighted by atomic mass is 19.4. The summed E-state index contributed by atoms with van der Waals surface area (Å²) in [4.78, 5) is 11.6. The molecule has 0 fully saturated rings. The van der Waals surface area contributed by atoms with Crippen LogP contribution in [0.3, 0.4) is 0 Å². The summed E-state index contributed by atoms with van der Waals surface area (Å²) in [5.41, 5.74) is -1.30. The van der Waals surface area contributed by atoms with Crippen LogP contribution in [-0.4, -0.2) is 22.4 Å². The fraction of sp³-hybridized carbons (Fsp3) is 0.154. The van der Waals surface area contributed by atoms with E-state index < -0.39 is 35.4 Å².